The van der Waals surface area contributed by atoms with E-state index >= 15 is 0 Å². The summed E-state index contributed by atoms with van der Waals surface area (Å²) in [5.74, 6) is 0. The third-order valence-corrected chi connectivity index (χ3v) is 4.17. The zero-order valence-corrected chi connectivity index (χ0v) is 12.5. The molecule has 3 heteroatoms. The summed E-state index contributed by atoms with van der Waals surface area (Å²) in [7, 11) is 0. The molecule has 100 valence electrons. The van der Waals surface area contributed by atoms with E-state index in [2.05, 4.69) is 57.2 Å². The molecule has 2 nitrogen and oxygen atoms in total. The van der Waals surface area contributed by atoms with Crippen molar-refractivity contribution in [3.63, 3.8) is 0 Å². The lowest BCUT2D eigenvalue weighted by molar-refractivity contribution is 0.0550. The molecule has 1 aliphatic heterocycles. The Morgan fingerprint density at radius 1 is 1.11 bits per heavy atom. The molecule has 1 aliphatic carbocycles. The molecule has 0 radical (unpaired) electrons. The molecule has 0 saturated carbocycles. The van der Waals surface area contributed by atoms with Gasteiger partial charge in [0.05, 0.1) is 13.2 Å². The van der Waals surface area contributed by atoms with Crippen molar-refractivity contribution < 1.29 is 4.74 Å². The van der Waals surface area contributed by atoms with Crippen molar-refractivity contribution in [3.05, 3.63) is 51.6 Å². The SMILES string of the molecule is Brc1ccc(C=C2CCC=C2N2CCOCC2)cc1. The number of morpholine rings is 1. The molecule has 1 aromatic rings. The van der Waals surface area contributed by atoms with Crippen LogP contribution in [0.1, 0.15) is 18.4 Å². The molecule has 0 bridgehead atoms. The molecule has 1 fully saturated rings. The van der Waals surface area contributed by atoms with E-state index in [4.69, 9.17) is 4.74 Å². The maximum absolute atomic E-state index is 5.43. The van der Waals surface area contributed by atoms with Gasteiger partial charge in [0.25, 0.3) is 0 Å². The molecule has 0 spiro atoms. The first kappa shape index (κ1) is 12.9. The number of ether oxygens (including phenoxy) is 1. The van der Waals surface area contributed by atoms with Crippen molar-refractivity contribution in [3.8, 4) is 0 Å². The highest BCUT2D eigenvalue weighted by Gasteiger charge is 2.20. The second-order valence-electron chi connectivity index (χ2n) is 4.95. The first-order valence-electron chi connectivity index (χ1n) is 6.82. The zero-order valence-electron chi connectivity index (χ0n) is 10.9. The van der Waals surface area contributed by atoms with Crippen LogP contribution in [0.5, 0.6) is 0 Å². The Morgan fingerprint density at radius 3 is 2.58 bits per heavy atom. The van der Waals surface area contributed by atoms with Gasteiger partial charge in [-0.3, -0.25) is 0 Å². The van der Waals surface area contributed by atoms with Crippen LogP contribution in [0.2, 0.25) is 0 Å². The normalized spacial score (nSPS) is 21.8. The number of hydrogen-bond acceptors (Lipinski definition) is 2. The van der Waals surface area contributed by atoms with E-state index in [-0.39, 0.29) is 0 Å². The number of nitrogens with zero attached hydrogens (tertiary/aromatic N) is 1. The summed E-state index contributed by atoms with van der Waals surface area (Å²) in [5, 5.41) is 0. The van der Waals surface area contributed by atoms with Crippen LogP contribution in [0.3, 0.4) is 0 Å². The third kappa shape index (κ3) is 3.10. The number of allylic oxidation sites excluding steroid dienone is 2. The van der Waals surface area contributed by atoms with Crippen molar-refractivity contribution >= 4 is 22.0 Å². The van der Waals surface area contributed by atoms with Crippen LogP contribution in [0, 0.1) is 0 Å². The lowest BCUT2D eigenvalue weighted by atomic mass is 10.1. The van der Waals surface area contributed by atoms with Crippen LogP contribution in [0.25, 0.3) is 6.08 Å². The van der Waals surface area contributed by atoms with Gasteiger partial charge in [0.1, 0.15) is 0 Å². The fourth-order valence-electron chi connectivity index (χ4n) is 2.67. The average Bonchev–Trinajstić information content (AvgIpc) is 2.90. The van der Waals surface area contributed by atoms with E-state index < -0.39 is 0 Å². The molecule has 0 unspecified atom stereocenters. The Hall–Kier alpha value is -1.06. The van der Waals surface area contributed by atoms with E-state index in [9.17, 15) is 0 Å². The summed E-state index contributed by atoms with van der Waals surface area (Å²) in [5.41, 5.74) is 4.16. The van der Waals surface area contributed by atoms with Crippen LogP contribution in [-0.4, -0.2) is 31.2 Å². The number of rotatable bonds is 2. The minimum Gasteiger partial charge on any atom is -0.378 e. The second kappa shape index (κ2) is 5.93. The monoisotopic (exact) mass is 319 g/mol. The van der Waals surface area contributed by atoms with Gasteiger partial charge >= 0.3 is 0 Å². The van der Waals surface area contributed by atoms with Gasteiger partial charge in [-0.1, -0.05) is 34.1 Å². The Kier molecular flexibility index (Phi) is 4.04. The van der Waals surface area contributed by atoms with Crippen LogP contribution >= 0.6 is 15.9 Å². The van der Waals surface area contributed by atoms with E-state index in [0.29, 0.717) is 0 Å². The molecule has 0 N–H and O–H groups in total. The Balaban J connectivity index is 1.79. The smallest absolute Gasteiger partial charge is 0.0642 e. The highest BCUT2D eigenvalue weighted by Crippen LogP contribution is 2.30. The predicted molar refractivity (Wildman–Crippen MR) is 81.8 cm³/mol. The Labute approximate surface area is 122 Å². The summed E-state index contributed by atoms with van der Waals surface area (Å²) >= 11 is 3.48. The van der Waals surface area contributed by atoms with Gasteiger partial charge in [-0.2, -0.15) is 0 Å². The maximum atomic E-state index is 5.43. The van der Waals surface area contributed by atoms with Crippen molar-refractivity contribution in [2.24, 2.45) is 0 Å². The van der Waals surface area contributed by atoms with Gasteiger partial charge in [0.2, 0.25) is 0 Å². The third-order valence-electron chi connectivity index (χ3n) is 3.64. The Morgan fingerprint density at radius 2 is 1.84 bits per heavy atom. The van der Waals surface area contributed by atoms with Crippen molar-refractivity contribution in [1.29, 1.82) is 0 Å². The highest BCUT2D eigenvalue weighted by molar-refractivity contribution is 9.10. The van der Waals surface area contributed by atoms with Gasteiger partial charge in [0.15, 0.2) is 0 Å². The van der Waals surface area contributed by atoms with Gasteiger partial charge < -0.3 is 9.64 Å². The summed E-state index contributed by atoms with van der Waals surface area (Å²) in [4.78, 5) is 2.46. The van der Waals surface area contributed by atoms with E-state index in [0.717, 1.165) is 43.6 Å². The van der Waals surface area contributed by atoms with Crippen LogP contribution in [-0.2, 0) is 4.74 Å². The molecule has 0 amide bonds. The minimum absolute atomic E-state index is 0.850. The largest absolute Gasteiger partial charge is 0.378 e. The molecule has 3 rings (SSSR count). The first-order valence-corrected chi connectivity index (χ1v) is 7.61. The molecule has 0 atom stereocenters. The summed E-state index contributed by atoms with van der Waals surface area (Å²) in [6.45, 7) is 3.73. The van der Waals surface area contributed by atoms with Gasteiger partial charge in [-0.25, -0.2) is 0 Å². The topological polar surface area (TPSA) is 12.5 Å². The molecule has 19 heavy (non-hydrogen) atoms. The minimum atomic E-state index is 0.850. The molecular weight excluding hydrogens is 302 g/mol. The fourth-order valence-corrected chi connectivity index (χ4v) is 2.93. The fraction of sp³-hybridized carbons (Fsp3) is 0.375. The number of benzene rings is 1. The summed E-state index contributed by atoms with van der Waals surface area (Å²) < 4.78 is 6.56. The standard InChI is InChI=1S/C16H18BrNO/c17-15-6-4-13(5-7-15)12-14-2-1-3-16(14)18-8-10-19-11-9-18/h3-7,12H,1-2,8-11H2. The molecule has 1 heterocycles. The van der Waals surface area contributed by atoms with Crippen molar-refractivity contribution in [2.75, 3.05) is 26.3 Å². The number of halogens is 1. The van der Waals surface area contributed by atoms with Crippen LogP contribution in [0.15, 0.2) is 46.1 Å². The molecular formula is C16H18BrNO. The average molecular weight is 320 g/mol. The second-order valence-corrected chi connectivity index (χ2v) is 5.86. The van der Waals surface area contributed by atoms with Gasteiger partial charge in [-0.05, 0) is 42.2 Å². The van der Waals surface area contributed by atoms with Crippen molar-refractivity contribution in [2.45, 2.75) is 12.8 Å². The molecule has 0 aromatic heterocycles. The quantitative estimate of drug-likeness (QED) is 0.821. The molecule has 2 aliphatic rings. The number of hydrogen-bond donors (Lipinski definition) is 0. The first-order chi connectivity index (χ1) is 9.33. The van der Waals surface area contributed by atoms with Gasteiger partial charge in [-0.15, -0.1) is 0 Å². The van der Waals surface area contributed by atoms with E-state index in [1.165, 1.54) is 16.8 Å². The molecule has 1 aromatic carbocycles. The van der Waals surface area contributed by atoms with Crippen LogP contribution in [0.4, 0.5) is 0 Å². The molecule has 1 saturated heterocycles. The zero-order chi connectivity index (χ0) is 13.1. The summed E-state index contributed by atoms with van der Waals surface area (Å²) in [6.07, 6.45) is 7.01. The van der Waals surface area contributed by atoms with Crippen LogP contribution < -0.4 is 0 Å². The summed E-state index contributed by atoms with van der Waals surface area (Å²) in [6, 6.07) is 8.51. The predicted octanol–water partition coefficient (Wildman–Crippen LogP) is 3.84. The van der Waals surface area contributed by atoms with Gasteiger partial charge in [0, 0.05) is 23.3 Å². The van der Waals surface area contributed by atoms with E-state index in [1.54, 1.807) is 0 Å². The lowest BCUT2D eigenvalue weighted by Crippen LogP contribution is -2.35. The Bertz CT molecular complexity index is 498. The maximum Gasteiger partial charge on any atom is 0.0642 e. The van der Waals surface area contributed by atoms with E-state index in [1.807, 2.05) is 0 Å². The lowest BCUT2D eigenvalue weighted by Gasteiger charge is -2.30. The van der Waals surface area contributed by atoms with Crippen molar-refractivity contribution in [1.82, 2.24) is 4.90 Å². The highest BCUT2D eigenvalue weighted by atomic mass is 79.9.